The number of hydrogen-bond donors (Lipinski definition) is 2. The molecule has 1 aliphatic rings. The highest BCUT2D eigenvalue weighted by molar-refractivity contribution is 9.10. The minimum absolute atomic E-state index is 0.137. The van der Waals surface area contributed by atoms with Gasteiger partial charge in [0, 0.05) is 6.07 Å². The molecule has 2 rings (SSSR count). The van der Waals surface area contributed by atoms with Crippen LogP contribution in [0.15, 0.2) is 16.6 Å². The van der Waals surface area contributed by atoms with Crippen LogP contribution in [0, 0.1) is 17.7 Å². The fourth-order valence-electron chi connectivity index (χ4n) is 1.60. The van der Waals surface area contributed by atoms with Crippen molar-refractivity contribution in [3.63, 3.8) is 0 Å². The lowest BCUT2D eigenvalue weighted by molar-refractivity contribution is -0.139. The molecule has 1 aromatic rings. The molecule has 0 saturated heterocycles. The number of rotatable bonds is 3. The Kier molecular flexibility index (Phi) is 3.59. The van der Waals surface area contributed by atoms with Gasteiger partial charge in [0.15, 0.2) is 0 Å². The summed E-state index contributed by atoms with van der Waals surface area (Å²) in [6.07, 6.45) is 0.303. The molecule has 1 aliphatic carbocycles. The van der Waals surface area contributed by atoms with Crippen molar-refractivity contribution in [2.24, 2.45) is 11.8 Å². The Labute approximate surface area is 115 Å². The lowest BCUT2D eigenvalue weighted by Gasteiger charge is -2.07. The second-order valence-corrected chi connectivity index (χ2v) is 5.28. The van der Waals surface area contributed by atoms with Crippen molar-refractivity contribution < 1.29 is 19.1 Å². The minimum atomic E-state index is -0.997. The molecule has 2 N–H and O–H groups in total. The monoisotopic (exact) mass is 335 g/mol. The summed E-state index contributed by atoms with van der Waals surface area (Å²) in [6.45, 7) is 0. The van der Waals surface area contributed by atoms with E-state index in [4.69, 9.17) is 16.7 Å². The van der Waals surface area contributed by atoms with Crippen molar-refractivity contribution in [2.75, 3.05) is 5.32 Å². The quantitative estimate of drug-likeness (QED) is 0.834. The maximum atomic E-state index is 13.3. The zero-order valence-corrected chi connectivity index (χ0v) is 11.3. The third kappa shape index (κ3) is 2.64. The summed E-state index contributed by atoms with van der Waals surface area (Å²) < 4.78 is 13.5. The molecule has 0 unspecified atom stereocenters. The van der Waals surface area contributed by atoms with Crippen LogP contribution in [0.25, 0.3) is 0 Å². The number of carboxylic acids is 1. The highest BCUT2D eigenvalue weighted by Gasteiger charge is 2.48. The standard InChI is InChI=1S/C11H8BrClFNO3/c12-6-2-7(13)9(3-8(6)14)15-10(16)4-1-5(4)11(17)18/h2-5H,1H2,(H,15,16)(H,17,18)/t4-,5+/m0/s1. The van der Waals surface area contributed by atoms with Crippen LogP contribution in [0.5, 0.6) is 0 Å². The Hall–Kier alpha value is -1.14. The van der Waals surface area contributed by atoms with E-state index in [0.717, 1.165) is 6.07 Å². The number of carbonyl (C=O) groups is 2. The van der Waals surface area contributed by atoms with Crippen LogP contribution in [0.3, 0.4) is 0 Å². The lowest BCUT2D eigenvalue weighted by atomic mass is 10.2. The van der Waals surface area contributed by atoms with Crippen LogP contribution in [-0.4, -0.2) is 17.0 Å². The Morgan fingerprint density at radius 2 is 2.11 bits per heavy atom. The van der Waals surface area contributed by atoms with E-state index in [-0.39, 0.29) is 15.2 Å². The SMILES string of the molecule is O=C(Nc1cc(F)c(Br)cc1Cl)[C@H]1C[C@H]1C(=O)O. The fraction of sp³-hybridized carbons (Fsp3) is 0.273. The molecule has 1 fully saturated rings. The topological polar surface area (TPSA) is 66.4 Å². The van der Waals surface area contributed by atoms with E-state index in [9.17, 15) is 14.0 Å². The van der Waals surface area contributed by atoms with E-state index in [1.807, 2.05) is 0 Å². The molecule has 2 atom stereocenters. The number of halogens is 3. The predicted molar refractivity (Wildman–Crippen MR) is 67.0 cm³/mol. The van der Waals surface area contributed by atoms with Crippen molar-refractivity contribution in [1.29, 1.82) is 0 Å². The number of hydrogen-bond acceptors (Lipinski definition) is 2. The van der Waals surface area contributed by atoms with Crippen LogP contribution < -0.4 is 5.32 Å². The van der Waals surface area contributed by atoms with Crippen molar-refractivity contribution in [3.05, 3.63) is 27.4 Å². The van der Waals surface area contributed by atoms with E-state index in [0.29, 0.717) is 6.42 Å². The normalized spacial score (nSPS) is 21.5. The lowest BCUT2D eigenvalue weighted by Crippen LogP contribution is -2.17. The van der Waals surface area contributed by atoms with Gasteiger partial charge < -0.3 is 10.4 Å². The summed E-state index contributed by atoms with van der Waals surface area (Å²) in [5.41, 5.74) is 0.137. The van der Waals surface area contributed by atoms with Gasteiger partial charge in [0.1, 0.15) is 5.82 Å². The maximum Gasteiger partial charge on any atom is 0.307 e. The predicted octanol–water partition coefficient (Wildman–Crippen LogP) is 2.90. The first-order valence-electron chi connectivity index (χ1n) is 5.08. The maximum absolute atomic E-state index is 13.3. The number of nitrogens with one attached hydrogen (secondary N) is 1. The number of aliphatic carboxylic acids is 1. The van der Waals surface area contributed by atoms with Gasteiger partial charge in [0.25, 0.3) is 0 Å². The van der Waals surface area contributed by atoms with Gasteiger partial charge in [-0.25, -0.2) is 4.39 Å². The molecule has 0 aliphatic heterocycles. The molecule has 0 radical (unpaired) electrons. The Balaban J connectivity index is 2.09. The summed E-state index contributed by atoms with van der Waals surface area (Å²) in [6, 6.07) is 2.41. The molecule has 4 nitrogen and oxygen atoms in total. The largest absolute Gasteiger partial charge is 0.481 e. The fourth-order valence-corrected chi connectivity index (χ4v) is 2.29. The number of anilines is 1. The van der Waals surface area contributed by atoms with Gasteiger partial charge >= 0.3 is 5.97 Å². The van der Waals surface area contributed by atoms with Gasteiger partial charge in [0.05, 0.1) is 27.0 Å². The Morgan fingerprint density at radius 3 is 2.67 bits per heavy atom. The molecule has 96 valence electrons. The Bertz CT molecular complexity index is 537. The summed E-state index contributed by atoms with van der Waals surface area (Å²) in [7, 11) is 0. The second kappa shape index (κ2) is 4.85. The van der Waals surface area contributed by atoms with Gasteiger partial charge in [0.2, 0.25) is 5.91 Å². The molecular formula is C11H8BrClFNO3. The van der Waals surface area contributed by atoms with Gasteiger partial charge in [-0.1, -0.05) is 11.6 Å². The van der Waals surface area contributed by atoms with E-state index >= 15 is 0 Å². The number of carbonyl (C=O) groups excluding carboxylic acids is 1. The third-order valence-electron chi connectivity index (χ3n) is 2.71. The molecule has 1 aromatic carbocycles. The zero-order chi connectivity index (χ0) is 13.4. The van der Waals surface area contributed by atoms with Crippen LogP contribution in [0.1, 0.15) is 6.42 Å². The van der Waals surface area contributed by atoms with Crippen LogP contribution >= 0.6 is 27.5 Å². The average molecular weight is 337 g/mol. The van der Waals surface area contributed by atoms with Gasteiger partial charge in [-0.3, -0.25) is 9.59 Å². The molecule has 1 amide bonds. The molecule has 0 aromatic heterocycles. The van der Waals surface area contributed by atoms with Crippen LogP contribution in [0.4, 0.5) is 10.1 Å². The Morgan fingerprint density at radius 1 is 1.44 bits per heavy atom. The number of carboxylic acid groups (broad SMARTS) is 1. The van der Waals surface area contributed by atoms with E-state index in [2.05, 4.69) is 21.2 Å². The van der Waals surface area contributed by atoms with Crippen LogP contribution in [0.2, 0.25) is 5.02 Å². The second-order valence-electron chi connectivity index (χ2n) is 4.02. The first-order valence-corrected chi connectivity index (χ1v) is 6.25. The molecular weight excluding hydrogens is 328 g/mol. The van der Waals surface area contributed by atoms with Crippen molar-refractivity contribution in [2.45, 2.75) is 6.42 Å². The highest BCUT2D eigenvalue weighted by atomic mass is 79.9. The number of amides is 1. The molecule has 0 spiro atoms. The first-order chi connectivity index (χ1) is 8.40. The molecule has 7 heteroatoms. The van der Waals surface area contributed by atoms with Gasteiger partial charge in [-0.15, -0.1) is 0 Å². The highest BCUT2D eigenvalue weighted by Crippen LogP contribution is 2.40. The van der Waals surface area contributed by atoms with E-state index < -0.39 is 29.5 Å². The third-order valence-corrected chi connectivity index (χ3v) is 3.63. The summed E-state index contributed by atoms with van der Waals surface area (Å²) >= 11 is 8.81. The first kappa shape index (κ1) is 13.3. The average Bonchev–Trinajstić information content (AvgIpc) is 3.05. The molecule has 1 saturated carbocycles. The van der Waals surface area contributed by atoms with Gasteiger partial charge in [-0.05, 0) is 28.4 Å². The molecule has 0 bridgehead atoms. The van der Waals surface area contributed by atoms with Crippen molar-refractivity contribution in [3.8, 4) is 0 Å². The van der Waals surface area contributed by atoms with Crippen molar-refractivity contribution in [1.82, 2.24) is 0 Å². The minimum Gasteiger partial charge on any atom is -0.481 e. The van der Waals surface area contributed by atoms with Crippen molar-refractivity contribution >= 4 is 45.1 Å². The van der Waals surface area contributed by atoms with Gasteiger partial charge in [-0.2, -0.15) is 0 Å². The summed E-state index contributed by atoms with van der Waals surface area (Å²) in [5.74, 6) is -3.22. The van der Waals surface area contributed by atoms with E-state index in [1.165, 1.54) is 6.07 Å². The molecule has 18 heavy (non-hydrogen) atoms. The number of benzene rings is 1. The zero-order valence-electron chi connectivity index (χ0n) is 8.91. The smallest absolute Gasteiger partial charge is 0.307 e. The summed E-state index contributed by atoms with van der Waals surface area (Å²) in [4.78, 5) is 22.3. The van der Waals surface area contributed by atoms with E-state index in [1.54, 1.807) is 0 Å². The molecule has 0 heterocycles. The van der Waals surface area contributed by atoms with Crippen LogP contribution in [-0.2, 0) is 9.59 Å². The summed E-state index contributed by atoms with van der Waals surface area (Å²) in [5, 5.41) is 11.3.